The van der Waals surface area contributed by atoms with Gasteiger partial charge in [0.15, 0.2) is 35.3 Å². The molecule has 0 aliphatic rings. The molecule has 0 saturated heterocycles. The number of hydrogen-bond acceptors (Lipinski definition) is 8. The van der Waals surface area contributed by atoms with Crippen LogP contribution in [0, 0.1) is 33.4 Å². The maximum absolute atomic E-state index is 14.3. The Balaban J connectivity index is 0.000000250. The molecule has 1 N–H and O–H groups in total. The number of anilines is 1. The van der Waals surface area contributed by atoms with Crippen LogP contribution in [0.25, 0.3) is 11.0 Å². The van der Waals surface area contributed by atoms with Gasteiger partial charge in [0.2, 0.25) is 0 Å². The van der Waals surface area contributed by atoms with Gasteiger partial charge in [-0.05, 0) is 38.1 Å². The Bertz CT molecular complexity index is 1500. The molecule has 0 bridgehead atoms. The highest BCUT2D eigenvalue weighted by Crippen LogP contribution is 2.30. The number of hydrogen-bond donors (Lipinski definition) is 1. The van der Waals surface area contributed by atoms with Gasteiger partial charge in [0.1, 0.15) is 24.0 Å². The standard InChI is InChI=1S/C18H16F2N2O3.C9H10F2N2O3/c1-2-24-8-7-22-16-10-17(25-13-5-3-12(19)4-6-13)14(20)9-15(16)21-18(22)11-23;1-2-16-5-12-8-3-6(10)7(11)4-9(8)13(14)15/h3-6,9-11H,2,7-8H2,1H3;3-4,12H,2,5H2,1H3. The van der Waals surface area contributed by atoms with Crippen LogP contribution in [0.2, 0.25) is 0 Å². The number of rotatable bonds is 12. The van der Waals surface area contributed by atoms with Crippen molar-refractivity contribution in [3.05, 3.63) is 87.7 Å². The topological polar surface area (TPSA) is 118 Å². The first-order chi connectivity index (χ1) is 19.7. The first kappa shape index (κ1) is 31.0. The summed E-state index contributed by atoms with van der Waals surface area (Å²) in [5, 5.41) is 13.0. The molecule has 0 fully saturated rings. The number of carbonyl (C=O) groups excluding carboxylic acids is 1. The van der Waals surface area contributed by atoms with E-state index >= 15 is 0 Å². The lowest BCUT2D eigenvalue weighted by atomic mass is 10.2. The average molecular weight is 579 g/mol. The Morgan fingerprint density at radius 3 is 2.29 bits per heavy atom. The highest BCUT2D eigenvalue weighted by Gasteiger charge is 2.18. The molecule has 4 rings (SSSR count). The van der Waals surface area contributed by atoms with Gasteiger partial charge >= 0.3 is 0 Å². The van der Waals surface area contributed by atoms with E-state index in [0.717, 1.165) is 6.07 Å². The SMILES string of the molecule is CCOCCn1c(C=O)nc2cc(F)c(Oc3ccc(F)cc3)cc21.CCOCNc1cc(F)c(F)cc1[N+](=O)[O-]. The van der Waals surface area contributed by atoms with E-state index in [1.165, 1.54) is 36.4 Å². The number of aldehydes is 1. The molecule has 0 radical (unpaired) electrons. The molecular weight excluding hydrogens is 552 g/mol. The normalized spacial score (nSPS) is 10.7. The summed E-state index contributed by atoms with van der Waals surface area (Å²) in [5.41, 5.74) is 0.263. The van der Waals surface area contributed by atoms with Crippen molar-refractivity contribution in [2.45, 2.75) is 20.4 Å². The van der Waals surface area contributed by atoms with Crippen molar-refractivity contribution in [1.82, 2.24) is 9.55 Å². The molecule has 1 aromatic heterocycles. The number of nitro benzene ring substituents is 1. The Morgan fingerprint density at radius 1 is 0.976 bits per heavy atom. The smallest absolute Gasteiger partial charge is 0.295 e. The van der Waals surface area contributed by atoms with Gasteiger partial charge in [0, 0.05) is 38.0 Å². The van der Waals surface area contributed by atoms with Crippen LogP contribution < -0.4 is 10.1 Å². The van der Waals surface area contributed by atoms with Crippen molar-refractivity contribution in [1.29, 1.82) is 0 Å². The van der Waals surface area contributed by atoms with Crippen molar-refractivity contribution < 1.29 is 41.5 Å². The number of aromatic nitrogens is 2. The first-order valence-electron chi connectivity index (χ1n) is 12.3. The summed E-state index contributed by atoms with van der Waals surface area (Å²) >= 11 is 0. The maximum Gasteiger partial charge on any atom is 0.295 e. The van der Waals surface area contributed by atoms with E-state index in [2.05, 4.69) is 10.3 Å². The molecule has 0 spiro atoms. The van der Waals surface area contributed by atoms with Crippen LogP contribution in [0.15, 0.2) is 48.5 Å². The summed E-state index contributed by atoms with van der Waals surface area (Å²) in [6.07, 6.45) is 0.615. The van der Waals surface area contributed by atoms with E-state index < -0.39 is 33.9 Å². The molecule has 3 aromatic carbocycles. The zero-order chi connectivity index (χ0) is 29.9. The Labute approximate surface area is 231 Å². The van der Waals surface area contributed by atoms with Gasteiger partial charge in [-0.2, -0.15) is 0 Å². The van der Waals surface area contributed by atoms with E-state index in [-0.39, 0.29) is 24.0 Å². The molecule has 0 atom stereocenters. The number of halogens is 4. The van der Waals surface area contributed by atoms with Gasteiger partial charge in [-0.25, -0.2) is 22.5 Å². The number of nitrogens with zero attached hydrogens (tertiary/aromatic N) is 3. The van der Waals surface area contributed by atoms with E-state index in [1.807, 2.05) is 6.92 Å². The summed E-state index contributed by atoms with van der Waals surface area (Å²) in [5.74, 6) is -2.98. The minimum atomic E-state index is -1.26. The molecule has 0 aliphatic carbocycles. The fourth-order valence-electron chi connectivity index (χ4n) is 3.54. The number of nitro groups is 1. The molecule has 0 saturated carbocycles. The van der Waals surface area contributed by atoms with Gasteiger partial charge in [-0.15, -0.1) is 0 Å². The fraction of sp³-hybridized carbons (Fsp3) is 0.259. The predicted molar refractivity (Wildman–Crippen MR) is 141 cm³/mol. The predicted octanol–water partition coefficient (Wildman–Crippen LogP) is 6.23. The summed E-state index contributed by atoms with van der Waals surface area (Å²) in [7, 11) is 0. The minimum Gasteiger partial charge on any atom is -0.454 e. The quantitative estimate of drug-likeness (QED) is 0.0525. The second-order valence-corrected chi connectivity index (χ2v) is 8.12. The number of benzene rings is 3. The lowest BCUT2D eigenvalue weighted by Crippen LogP contribution is -2.09. The molecule has 4 aromatic rings. The highest BCUT2D eigenvalue weighted by molar-refractivity contribution is 5.84. The molecule has 218 valence electrons. The summed E-state index contributed by atoms with van der Waals surface area (Å²) in [6.45, 7) is 5.36. The molecule has 10 nitrogen and oxygen atoms in total. The largest absolute Gasteiger partial charge is 0.454 e. The van der Waals surface area contributed by atoms with Crippen molar-refractivity contribution in [3.8, 4) is 11.5 Å². The van der Waals surface area contributed by atoms with Crippen LogP contribution in [0.4, 0.5) is 28.9 Å². The number of fused-ring (bicyclic) bond motifs is 1. The monoisotopic (exact) mass is 578 g/mol. The second kappa shape index (κ2) is 14.7. The molecule has 0 aliphatic heterocycles. The van der Waals surface area contributed by atoms with Crippen molar-refractivity contribution in [3.63, 3.8) is 0 Å². The maximum atomic E-state index is 14.3. The molecule has 1 heterocycles. The summed E-state index contributed by atoms with van der Waals surface area (Å²) in [6, 6.07) is 9.20. The summed E-state index contributed by atoms with van der Waals surface area (Å²) in [4.78, 5) is 25.1. The lowest BCUT2D eigenvalue weighted by molar-refractivity contribution is -0.384. The lowest BCUT2D eigenvalue weighted by Gasteiger charge is -2.09. The van der Waals surface area contributed by atoms with E-state index in [0.29, 0.717) is 55.5 Å². The highest BCUT2D eigenvalue weighted by atomic mass is 19.2. The Kier molecular flexibility index (Phi) is 11.1. The van der Waals surface area contributed by atoms with Crippen LogP contribution in [0.1, 0.15) is 24.5 Å². The van der Waals surface area contributed by atoms with Crippen molar-refractivity contribution >= 4 is 28.7 Å². The van der Waals surface area contributed by atoms with Gasteiger partial charge < -0.3 is 24.1 Å². The van der Waals surface area contributed by atoms with Crippen LogP contribution in [0.3, 0.4) is 0 Å². The first-order valence-corrected chi connectivity index (χ1v) is 12.3. The molecule has 0 amide bonds. The van der Waals surface area contributed by atoms with E-state index in [1.54, 1.807) is 11.5 Å². The second-order valence-electron chi connectivity index (χ2n) is 8.12. The Hall–Kier alpha value is -4.56. The average Bonchev–Trinajstić information content (AvgIpc) is 3.28. The van der Waals surface area contributed by atoms with E-state index in [4.69, 9.17) is 14.2 Å². The zero-order valence-corrected chi connectivity index (χ0v) is 22.0. The van der Waals surface area contributed by atoms with Crippen molar-refractivity contribution in [2.24, 2.45) is 0 Å². The van der Waals surface area contributed by atoms with E-state index in [9.17, 15) is 32.5 Å². The van der Waals surface area contributed by atoms with Crippen LogP contribution in [-0.2, 0) is 16.0 Å². The third kappa shape index (κ3) is 8.22. The van der Waals surface area contributed by atoms with Gasteiger partial charge in [-0.1, -0.05) is 0 Å². The molecule has 14 heteroatoms. The summed E-state index contributed by atoms with van der Waals surface area (Å²) < 4.78 is 70.2. The van der Waals surface area contributed by atoms with Crippen molar-refractivity contribution in [2.75, 3.05) is 31.9 Å². The Morgan fingerprint density at radius 2 is 1.66 bits per heavy atom. The van der Waals surface area contributed by atoms with Crippen LogP contribution >= 0.6 is 0 Å². The molecule has 0 unspecified atom stereocenters. The van der Waals surface area contributed by atoms with Crippen LogP contribution in [0.5, 0.6) is 11.5 Å². The third-order valence-electron chi connectivity index (χ3n) is 5.45. The minimum absolute atomic E-state index is 0.0115. The zero-order valence-electron chi connectivity index (χ0n) is 22.0. The number of ether oxygens (including phenoxy) is 3. The van der Waals surface area contributed by atoms with Gasteiger partial charge in [0.25, 0.3) is 5.69 Å². The van der Waals surface area contributed by atoms with Gasteiger partial charge in [-0.3, -0.25) is 14.9 Å². The van der Waals surface area contributed by atoms with Gasteiger partial charge in [0.05, 0.1) is 28.6 Å². The number of nitrogens with one attached hydrogen (secondary N) is 1. The molecule has 41 heavy (non-hydrogen) atoms. The molecular formula is C27H26F4N4O6. The number of carbonyl (C=O) groups is 1. The number of imidazole rings is 1. The third-order valence-corrected chi connectivity index (χ3v) is 5.45. The van der Waals surface area contributed by atoms with Crippen LogP contribution in [-0.4, -0.2) is 47.3 Å². The fourth-order valence-corrected chi connectivity index (χ4v) is 3.54.